The lowest BCUT2D eigenvalue weighted by Crippen LogP contribution is -2.44. The maximum Gasteiger partial charge on any atom is 0.333 e. The number of carbonyl (C=O) groups is 4. The molecule has 2 saturated heterocycles. The normalized spacial score (nSPS) is 20.4. The summed E-state index contributed by atoms with van der Waals surface area (Å²) in [6, 6.07) is 0. The van der Waals surface area contributed by atoms with Gasteiger partial charge in [0, 0.05) is 50.4 Å². The molecule has 0 aromatic heterocycles. The van der Waals surface area contributed by atoms with Crippen LogP contribution in [0.1, 0.15) is 148 Å². The van der Waals surface area contributed by atoms with Crippen LogP contribution in [0.15, 0.2) is 213 Å². The Bertz CT molecular complexity index is 2780. The minimum absolute atomic E-state index is 0.0205. The number of ether oxygens (including phenoxy) is 6. The highest BCUT2D eigenvalue weighted by Crippen LogP contribution is 2.42. The Morgan fingerprint density at radius 1 is 0.444 bits per heavy atom. The van der Waals surface area contributed by atoms with Gasteiger partial charge in [-0.05, 0) is 130 Å². The number of carbonyl (C=O) groups excluding carboxylic acids is 4. The molecule has 2 aliphatic heterocycles. The van der Waals surface area contributed by atoms with Crippen LogP contribution in [0.3, 0.4) is 0 Å². The van der Waals surface area contributed by atoms with Gasteiger partial charge in [0.2, 0.25) is 0 Å². The van der Waals surface area contributed by atoms with Crippen LogP contribution in [-0.2, 0) is 47.6 Å². The molecule has 0 spiro atoms. The van der Waals surface area contributed by atoms with Gasteiger partial charge in [0.15, 0.2) is 12.2 Å². The molecule has 490 valence electrons. The highest BCUT2D eigenvalue weighted by molar-refractivity contribution is 5.88. The molecule has 12 heteroatoms. The molecule has 0 aromatic rings. The first-order valence-electron chi connectivity index (χ1n) is 32.5. The van der Waals surface area contributed by atoms with E-state index in [2.05, 4.69) is 140 Å². The highest BCUT2D eigenvalue weighted by Gasteiger charge is 2.33. The van der Waals surface area contributed by atoms with Crippen LogP contribution in [0.25, 0.3) is 0 Å². The fourth-order valence-electron chi connectivity index (χ4n) is 10.7. The van der Waals surface area contributed by atoms with Crippen molar-refractivity contribution in [2.45, 2.75) is 161 Å². The van der Waals surface area contributed by atoms with E-state index in [0.29, 0.717) is 65.7 Å². The summed E-state index contributed by atoms with van der Waals surface area (Å²) in [4.78, 5) is 58.5. The van der Waals surface area contributed by atoms with E-state index in [9.17, 15) is 19.2 Å². The van der Waals surface area contributed by atoms with Gasteiger partial charge < -0.3 is 28.4 Å². The molecular weight excluding hydrogens is 1120 g/mol. The third-order valence-corrected chi connectivity index (χ3v) is 16.5. The van der Waals surface area contributed by atoms with Crippen LogP contribution in [0.2, 0.25) is 0 Å². The molecule has 2 heterocycles. The molecule has 0 amide bonds. The van der Waals surface area contributed by atoms with Gasteiger partial charge in [-0.2, -0.15) is 0 Å². The quantitative estimate of drug-likeness (QED) is 0.0283. The topological polar surface area (TPSA) is 130 Å². The Labute approximate surface area is 541 Å². The standard InChI is InChI=1S/C78H108N2O10/c1-59(29-19-31-63(5)39-41-69-65(7)37-23-45-77(69,11)12)25-15-17-27-61(3)33-21-35-67(9)75(83)87-57-71(89-73(81)43-47-79-49-53-85-54-50-79)72(90-74(82)44-48-80-51-55-86-56-52-80)58-88-76(84)68(10)36-22-34-62(4)28-18-16-26-60(2)30-20-32-64(6)40-42-70-66(8)38-24-46-78(70,13)14/h15-22,25-36,39-42,71-72H,23-24,37-38,43-58H2,1-14H3/b17-15+,18-16+,29-19+,30-20+,33-21+,34-22+,41-39+,42-40+,59-25+,60-26+,61-27+,62-28+,63-31+,64-32+,67-35-,68-36-. The molecule has 0 radical (unpaired) electrons. The summed E-state index contributed by atoms with van der Waals surface area (Å²) >= 11 is 0. The number of esters is 4. The van der Waals surface area contributed by atoms with Gasteiger partial charge in [0.25, 0.3) is 0 Å². The lowest BCUT2D eigenvalue weighted by molar-refractivity contribution is -0.181. The van der Waals surface area contributed by atoms with Crippen LogP contribution < -0.4 is 0 Å². The van der Waals surface area contributed by atoms with Crippen molar-refractivity contribution < 1.29 is 47.6 Å². The predicted octanol–water partition coefficient (Wildman–Crippen LogP) is 16.4. The second kappa shape index (κ2) is 40.7. The minimum atomic E-state index is -1.31. The van der Waals surface area contributed by atoms with E-state index in [1.54, 1.807) is 38.2 Å². The summed E-state index contributed by atoms with van der Waals surface area (Å²) in [7, 11) is 0. The first kappa shape index (κ1) is 75.5. The zero-order valence-electron chi connectivity index (χ0n) is 57.1. The van der Waals surface area contributed by atoms with Crippen LogP contribution in [0.5, 0.6) is 0 Å². The highest BCUT2D eigenvalue weighted by atomic mass is 16.6. The number of hydrogen-bond donors (Lipinski definition) is 0. The molecule has 4 rings (SSSR count). The Morgan fingerprint density at radius 3 is 1.07 bits per heavy atom. The van der Waals surface area contributed by atoms with Crippen LogP contribution >= 0.6 is 0 Å². The van der Waals surface area contributed by atoms with E-state index in [4.69, 9.17) is 28.4 Å². The van der Waals surface area contributed by atoms with E-state index >= 15 is 0 Å². The Kier molecular flexibility index (Phi) is 34.2. The molecule has 2 unspecified atom stereocenters. The van der Waals surface area contributed by atoms with Crippen LogP contribution in [-0.4, -0.2) is 125 Å². The molecular formula is C78H108N2O10. The average molecular weight is 1230 g/mol. The maximum atomic E-state index is 13.6. The van der Waals surface area contributed by atoms with Gasteiger partial charge in [-0.15, -0.1) is 0 Å². The summed E-state index contributed by atoms with van der Waals surface area (Å²) < 4.78 is 34.5. The van der Waals surface area contributed by atoms with Crippen LogP contribution in [0, 0.1) is 10.8 Å². The first-order chi connectivity index (χ1) is 42.9. The Balaban J connectivity index is 1.41. The lowest BCUT2D eigenvalue weighted by Gasteiger charge is -2.33. The van der Waals surface area contributed by atoms with Crippen molar-refractivity contribution in [3.63, 3.8) is 0 Å². The van der Waals surface area contributed by atoms with Crippen LogP contribution in [0.4, 0.5) is 0 Å². The van der Waals surface area contributed by atoms with Crippen molar-refractivity contribution in [1.29, 1.82) is 0 Å². The summed E-state index contributed by atoms with van der Waals surface area (Å²) in [5, 5.41) is 0. The van der Waals surface area contributed by atoms with Crippen molar-refractivity contribution in [1.82, 2.24) is 9.80 Å². The van der Waals surface area contributed by atoms with Crippen molar-refractivity contribution in [3.8, 4) is 0 Å². The molecule has 2 atom stereocenters. The summed E-state index contributed by atoms with van der Waals surface area (Å²) in [6.07, 6.45) is 52.8. The molecule has 90 heavy (non-hydrogen) atoms. The molecule has 0 bridgehead atoms. The van der Waals surface area contributed by atoms with Crippen molar-refractivity contribution in [2.75, 3.05) is 78.9 Å². The van der Waals surface area contributed by atoms with E-state index in [0.717, 1.165) is 22.3 Å². The van der Waals surface area contributed by atoms with Gasteiger partial charge in [0.1, 0.15) is 13.2 Å². The fraction of sp³-hybridized carbons (Fsp3) is 0.487. The van der Waals surface area contributed by atoms with Crippen molar-refractivity contribution in [2.24, 2.45) is 10.8 Å². The predicted molar refractivity (Wildman–Crippen MR) is 369 cm³/mol. The smallest absolute Gasteiger partial charge is 0.333 e. The van der Waals surface area contributed by atoms with E-state index < -0.39 is 49.3 Å². The van der Waals surface area contributed by atoms with Gasteiger partial charge in [0.05, 0.1) is 39.3 Å². The number of hydrogen-bond acceptors (Lipinski definition) is 12. The zero-order chi connectivity index (χ0) is 65.9. The van der Waals surface area contributed by atoms with Gasteiger partial charge in [-0.25, -0.2) is 9.59 Å². The monoisotopic (exact) mass is 1230 g/mol. The van der Waals surface area contributed by atoms with E-state index in [1.807, 2.05) is 74.6 Å². The minimum Gasteiger partial charge on any atom is -0.458 e. The average Bonchev–Trinajstić information content (AvgIpc) is 1.40. The maximum absolute atomic E-state index is 13.6. The van der Waals surface area contributed by atoms with Crippen molar-refractivity contribution >= 4 is 23.9 Å². The SMILES string of the molecule is CC1=C(/C=C/C(C)=C/C=C/C(C)=C/C=C/C=C(C)/C=C/C=C(/C)C(=O)OCC(OC(=O)CCN2CCOCC2)C(COC(=O)\C(C)=C/C=C/C(C)=C/C=C/C=C(C)/C=C/C=C(C)/C=C/C2=C(C)CCCC2(C)C)OC(=O)CCN2CCOCC2)C(C)(C)CCC1. The van der Waals surface area contributed by atoms with Crippen molar-refractivity contribution in [3.05, 3.63) is 213 Å². The van der Waals surface area contributed by atoms with Gasteiger partial charge in [-0.3, -0.25) is 19.4 Å². The summed E-state index contributed by atoms with van der Waals surface area (Å²) in [5.41, 5.74) is 13.4. The molecule has 0 saturated carbocycles. The third kappa shape index (κ3) is 30.2. The van der Waals surface area contributed by atoms with Gasteiger partial charge >= 0.3 is 23.9 Å². The summed E-state index contributed by atoms with van der Waals surface area (Å²) in [5.74, 6) is -2.52. The molecule has 4 aliphatic rings. The zero-order valence-corrected chi connectivity index (χ0v) is 57.1. The number of rotatable bonds is 31. The molecule has 2 aliphatic carbocycles. The lowest BCUT2D eigenvalue weighted by atomic mass is 9.72. The van der Waals surface area contributed by atoms with E-state index in [-0.39, 0.29) is 34.8 Å². The Morgan fingerprint density at radius 2 is 0.744 bits per heavy atom. The second-order valence-electron chi connectivity index (χ2n) is 25.6. The fourth-order valence-corrected chi connectivity index (χ4v) is 10.7. The number of nitrogens with zero attached hydrogens (tertiary/aromatic N) is 2. The third-order valence-electron chi connectivity index (χ3n) is 16.5. The largest absolute Gasteiger partial charge is 0.458 e. The summed E-state index contributed by atoms with van der Waals surface area (Å²) in [6.45, 7) is 34.2. The van der Waals surface area contributed by atoms with Gasteiger partial charge in [-0.1, -0.05) is 218 Å². The Hall–Kier alpha value is -6.96. The molecule has 0 N–H and O–H groups in total. The molecule has 12 nitrogen and oxygen atoms in total. The molecule has 2 fully saturated rings. The number of morpholine rings is 2. The number of allylic oxidation sites excluding steroid dienone is 34. The molecule has 0 aromatic carbocycles. The second-order valence-corrected chi connectivity index (χ2v) is 25.6. The first-order valence-corrected chi connectivity index (χ1v) is 32.5. The van der Waals surface area contributed by atoms with E-state index in [1.165, 1.54) is 72.0 Å².